The van der Waals surface area contributed by atoms with Crippen LogP contribution in [0.1, 0.15) is 17.9 Å². The summed E-state index contributed by atoms with van der Waals surface area (Å²) in [5.41, 5.74) is 1.07. The summed E-state index contributed by atoms with van der Waals surface area (Å²) in [6, 6.07) is 5.18. The van der Waals surface area contributed by atoms with Gasteiger partial charge in [-0.25, -0.2) is 17.8 Å². The number of benzene rings is 1. The van der Waals surface area contributed by atoms with Gasteiger partial charge in [-0.1, -0.05) is 6.07 Å². The number of aromatic nitrogens is 2. The van der Waals surface area contributed by atoms with Gasteiger partial charge in [-0.15, -0.1) is 0 Å². The molecule has 0 N–H and O–H groups in total. The summed E-state index contributed by atoms with van der Waals surface area (Å²) in [6.45, 7) is 4.21. The zero-order chi connectivity index (χ0) is 18.7. The van der Waals surface area contributed by atoms with Crippen LogP contribution in [0.5, 0.6) is 0 Å². The number of methoxy groups -OCH3 is 1. The second kappa shape index (κ2) is 7.85. The highest BCUT2D eigenvalue weighted by atomic mass is 32.2. The highest BCUT2D eigenvalue weighted by Crippen LogP contribution is 2.27. The van der Waals surface area contributed by atoms with Crippen LogP contribution in [0, 0.1) is 18.7 Å². The molecule has 1 aliphatic rings. The normalized spacial score (nSPS) is 18.5. The molecule has 8 heteroatoms. The maximum atomic E-state index is 13.4. The van der Waals surface area contributed by atoms with Gasteiger partial charge in [-0.2, -0.15) is 4.31 Å². The zero-order valence-electron chi connectivity index (χ0n) is 15.1. The standard InChI is InChI=1S/C18H24FN3O3S/c1-14-12-20-18(22(14)8-9-25-2)10-15-6-7-21(13-15)26(23,24)17-5-3-4-16(19)11-17/h3-5,11-12,15H,6-10,13H2,1-2H3. The van der Waals surface area contributed by atoms with E-state index in [0.29, 0.717) is 26.1 Å². The van der Waals surface area contributed by atoms with E-state index in [1.165, 1.54) is 22.5 Å². The molecule has 0 radical (unpaired) electrons. The van der Waals surface area contributed by atoms with Crippen molar-refractivity contribution in [1.82, 2.24) is 13.9 Å². The largest absolute Gasteiger partial charge is 0.383 e. The molecule has 1 saturated heterocycles. The quantitative estimate of drug-likeness (QED) is 0.738. The number of ether oxygens (including phenoxy) is 1. The smallest absolute Gasteiger partial charge is 0.243 e. The van der Waals surface area contributed by atoms with Crippen LogP contribution in [0.25, 0.3) is 0 Å². The third-order valence-corrected chi connectivity index (χ3v) is 6.67. The minimum absolute atomic E-state index is 0.00980. The molecule has 0 spiro atoms. The van der Waals surface area contributed by atoms with E-state index in [-0.39, 0.29) is 10.8 Å². The second-order valence-corrected chi connectivity index (χ2v) is 8.58. The first-order valence-corrected chi connectivity index (χ1v) is 10.1. The van der Waals surface area contributed by atoms with Gasteiger partial charge in [-0.3, -0.25) is 0 Å². The predicted octanol–water partition coefficient (Wildman–Crippen LogP) is 2.23. The lowest BCUT2D eigenvalue weighted by Gasteiger charge is -2.17. The Kier molecular flexibility index (Phi) is 5.74. The van der Waals surface area contributed by atoms with Gasteiger partial charge in [0.15, 0.2) is 0 Å². The number of rotatable bonds is 7. The first kappa shape index (κ1) is 19.0. The molecular formula is C18H24FN3O3S. The van der Waals surface area contributed by atoms with E-state index in [4.69, 9.17) is 4.74 Å². The molecule has 0 saturated carbocycles. The number of halogens is 1. The minimum atomic E-state index is -3.66. The monoisotopic (exact) mass is 381 g/mol. The molecule has 2 aromatic rings. The number of nitrogens with zero attached hydrogens (tertiary/aromatic N) is 3. The van der Waals surface area contributed by atoms with Crippen molar-refractivity contribution in [3.05, 3.63) is 47.8 Å². The summed E-state index contributed by atoms with van der Waals surface area (Å²) in [4.78, 5) is 4.49. The molecule has 3 rings (SSSR count). The first-order chi connectivity index (χ1) is 12.4. The van der Waals surface area contributed by atoms with Gasteiger partial charge >= 0.3 is 0 Å². The molecule has 26 heavy (non-hydrogen) atoms. The molecule has 1 aliphatic heterocycles. The molecule has 0 bridgehead atoms. The number of aryl methyl sites for hydroxylation is 1. The third-order valence-electron chi connectivity index (χ3n) is 4.81. The maximum Gasteiger partial charge on any atom is 0.243 e. The molecule has 142 valence electrons. The summed E-state index contributed by atoms with van der Waals surface area (Å²) in [7, 11) is -1.99. The van der Waals surface area contributed by atoms with E-state index < -0.39 is 15.8 Å². The second-order valence-electron chi connectivity index (χ2n) is 6.64. The van der Waals surface area contributed by atoms with Crippen LogP contribution < -0.4 is 0 Å². The molecule has 1 aromatic heterocycles. The Labute approximate surface area is 153 Å². The Morgan fingerprint density at radius 3 is 2.92 bits per heavy atom. The van der Waals surface area contributed by atoms with Crippen LogP contribution in [0.4, 0.5) is 4.39 Å². The average Bonchev–Trinajstić information content (AvgIpc) is 3.21. The average molecular weight is 381 g/mol. The third kappa shape index (κ3) is 3.97. The van der Waals surface area contributed by atoms with Crippen molar-refractivity contribution in [3.8, 4) is 0 Å². The van der Waals surface area contributed by atoms with Crippen molar-refractivity contribution in [2.75, 3.05) is 26.8 Å². The Morgan fingerprint density at radius 1 is 1.38 bits per heavy atom. The van der Waals surface area contributed by atoms with Crippen LogP contribution in [0.2, 0.25) is 0 Å². The Morgan fingerprint density at radius 2 is 2.19 bits per heavy atom. The Balaban J connectivity index is 1.70. The summed E-state index contributed by atoms with van der Waals surface area (Å²) in [6.07, 6.45) is 3.32. The van der Waals surface area contributed by atoms with E-state index in [9.17, 15) is 12.8 Å². The van der Waals surface area contributed by atoms with E-state index in [2.05, 4.69) is 9.55 Å². The first-order valence-electron chi connectivity index (χ1n) is 8.67. The highest BCUT2D eigenvalue weighted by Gasteiger charge is 2.33. The van der Waals surface area contributed by atoms with E-state index in [0.717, 1.165) is 30.6 Å². The molecule has 6 nitrogen and oxygen atoms in total. The van der Waals surface area contributed by atoms with E-state index >= 15 is 0 Å². The number of imidazole rings is 1. The topological polar surface area (TPSA) is 64.4 Å². The SMILES string of the molecule is COCCn1c(C)cnc1CC1CCN(S(=O)(=O)c2cccc(F)c2)C1. The molecule has 1 atom stereocenters. The van der Waals surface area contributed by atoms with Crippen LogP contribution in [-0.4, -0.2) is 49.1 Å². The van der Waals surface area contributed by atoms with Gasteiger partial charge in [0.1, 0.15) is 11.6 Å². The van der Waals surface area contributed by atoms with Crippen molar-refractivity contribution in [2.24, 2.45) is 5.92 Å². The lowest BCUT2D eigenvalue weighted by atomic mass is 10.0. The molecule has 0 amide bonds. The van der Waals surface area contributed by atoms with Crippen LogP contribution in [-0.2, 0) is 27.7 Å². The molecule has 0 aliphatic carbocycles. The molecule has 1 fully saturated rings. The molecule has 2 heterocycles. The van der Waals surface area contributed by atoms with Crippen LogP contribution in [0.15, 0.2) is 35.4 Å². The van der Waals surface area contributed by atoms with Crippen molar-refractivity contribution >= 4 is 10.0 Å². The molecular weight excluding hydrogens is 357 g/mol. The minimum Gasteiger partial charge on any atom is -0.383 e. The number of sulfonamides is 1. The van der Waals surface area contributed by atoms with Crippen molar-refractivity contribution < 1.29 is 17.5 Å². The summed E-state index contributed by atoms with van der Waals surface area (Å²) < 4.78 is 47.5. The van der Waals surface area contributed by atoms with Gasteiger partial charge in [0, 0.05) is 45.1 Å². The van der Waals surface area contributed by atoms with Gasteiger partial charge < -0.3 is 9.30 Å². The number of hydrogen-bond donors (Lipinski definition) is 0. The van der Waals surface area contributed by atoms with Crippen molar-refractivity contribution in [2.45, 2.75) is 31.2 Å². The fourth-order valence-electron chi connectivity index (χ4n) is 3.38. The summed E-state index contributed by atoms with van der Waals surface area (Å²) in [5.74, 6) is 0.605. The lowest BCUT2D eigenvalue weighted by molar-refractivity contribution is 0.185. The van der Waals surface area contributed by atoms with Gasteiger partial charge in [0.25, 0.3) is 0 Å². The van der Waals surface area contributed by atoms with Crippen LogP contribution >= 0.6 is 0 Å². The fourth-order valence-corrected chi connectivity index (χ4v) is 4.94. The van der Waals surface area contributed by atoms with Crippen molar-refractivity contribution in [3.63, 3.8) is 0 Å². The van der Waals surface area contributed by atoms with E-state index in [1.54, 1.807) is 7.11 Å². The van der Waals surface area contributed by atoms with E-state index in [1.807, 2.05) is 13.1 Å². The Hall–Kier alpha value is -1.77. The lowest BCUT2D eigenvalue weighted by Crippen LogP contribution is -2.29. The van der Waals surface area contributed by atoms with Crippen LogP contribution in [0.3, 0.4) is 0 Å². The highest BCUT2D eigenvalue weighted by molar-refractivity contribution is 7.89. The molecule has 1 unspecified atom stereocenters. The predicted molar refractivity (Wildman–Crippen MR) is 95.8 cm³/mol. The van der Waals surface area contributed by atoms with Gasteiger partial charge in [0.2, 0.25) is 10.0 Å². The number of hydrogen-bond acceptors (Lipinski definition) is 4. The molecule has 1 aromatic carbocycles. The Bertz CT molecular complexity index is 866. The summed E-state index contributed by atoms with van der Waals surface area (Å²) >= 11 is 0. The zero-order valence-corrected chi connectivity index (χ0v) is 15.9. The summed E-state index contributed by atoms with van der Waals surface area (Å²) in [5, 5.41) is 0. The van der Waals surface area contributed by atoms with Gasteiger partial charge in [0.05, 0.1) is 11.5 Å². The maximum absolute atomic E-state index is 13.4. The van der Waals surface area contributed by atoms with Crippen molar-refractivity contribution in [1.29, 1.82) is 0 Å². The van der Waals surface area contributed by atoms with Gasteiger partial charge in [-0.05, 0) is 37.5 Å². The fraction of sp³-hybridized carbons (Fsp3) is 0.500.